The first-order valence-electron chi connectivity index (χ1n) is 6.79. The predicted molar refractivity (Wildman–Crippen MR) is 75.7 cm³/mol. The molecule has 0 bridgehead atoms. The summed E-state index contributed by atoms with van der Waals surface area (Å²) in [6.45, 7) is 4.31. The number of anilines is 1. The molecule has 0 saturated carbocycles. The summed E-state index contributed by atoms with van der Waals surface area (Å²) >= 11 is 0. The Hall–Kier alpha value is -2.21. The molecule has 6 heteroatoms. The van der Waals surface area contributed by atoms with Crippen LogP contribution in [-0.4, -0.2) is 40.5 Å². The molecule has 20 heavy (non-hydrogen) atoms. The Balaban J connectivity index is 1.81. The Morgan fingerprint density at radius 2 is 2.15 bits per heavy atom. The van der Waals surface area contributed by atoms with Gasteiger partial charge in [-0.2, -0.15) is 0 Å². The Kier molecular flexibility index (Phi) is 3.47. The zero-order chi connectivity index (χ0) is 13.9. The number of hydrogen-bond acceptors (Lipinski definition) is 4. The number of carbonyl (C=O) groups is 1. The van der Waals surface area contributed by atoms with E-state index < -0.39 is 0 Å². The minimum absolute atomic E-state index is 0.114. The van der Waals surface area contributed by atoms with E-state index in [1.54, 1.807) is 15.8 Å². The number of hydrogen-bond donors (Lipinski definition) is 1. The minimum Gasteiger partial charge on any atom is -0.312 e. The second-order valence-corrected chi connectivity index (χ2v) is 4.78. The molecule has 1 aromatic heterocycles. The zero-order valence-corrected chi connectivity index (χ0v) is 11.4. The Morgan fingerprint density at radius 3 is 2.75 bits per heavy atom. The fraction of sp³-hybridized carbons (Fsp3) is 0.357. The molecule has 1 aromatic carbocycles. The van der Waals surface area contributed by atoms with Crippen molar-refractivity contribution < 1.29 is 4.79 Å². The topological polar surface area (TPSA) is 63.1 Å². The van der Waals surface area contributed by atoms with E-state index in [1.165, 1.54) is 0 Å². The SMILES string of the molecule is CCN(C(=O)c1cn(C2CNC2)nn1)c1ccccc1. The van der Waals surface area contributed by atoms with Crippen LogP contribution >= 0.6 is 0 Å². The van der Waals surface area contributed by atoms with E-state index in [2.05, 4.69) is 15.6 Å². The first kappa shape index (κ1) is 12.8. The van der Waals surface area contributed by atoms with Crippen molar-refractivity contribution >= 4 is 11.6 Å². The van der Waals surface area contributed by atoms with E-state index in [1.807, 2.05) is 37.3 Å². The van der Waals surface area contributed by atoms with E-state index in [-0.39, 0.29) is 5.91 Å². The highest BCUT2D eigenvalue weighted by Crippen LogP contribution is 2.16. The monoisotopic (exact) mass is 271 g/mol. The summed E-state index contributed by atoms with van der Waals surface area (Å²) in [6.07, 6.45) is 1.74. The van der Waals surface area contributed by atoms with Crippen LogP contribution in [0.5, 0.6) is 0 Å². The van der Waals surface area contributed by atoms with Crippen molar-refractivity contribution in [3.05, 3.63) is 42.2 Å². The second-order valence-electron chi connectivity index (χ2n) is 4.78. The van der Waals surface area contributed by atoms with Gasteiger partial charge in [0.2, 0.25) is 0 Å². The molecule has 0 spiro atoms. The Bertz CT molecular complexity index is 591. The molecule has 6 nitrogen and oxygen atoms in total. The lowest BCUT2D eigenvalue weighted by molar-refractivity contribution is 0.0983. The third-order valence-corrected chi connectivity index (χ3v) is 3.49. The molecule has 0 unspecified atom stereocenters. The molecule has 3 rings (SSSR count). The average Bonchev–Trinajstić information content (AvgIpc) is 2.88. The zero-order valence-electron chi connectivity index (χ0n) is 11.4. The number of amides is 1. The molecule has 104 valence electrons. The van der Waals surface area contributed by atoms with E-state index in [4.69, 9.17) is 0 Å². The average molecular weight is 271 g/mol. The molecule has 1 saturated heterocycles. The summed E-state index contributed by atoms with van der Waals surface area (Å²) in [5, 5.41) is 11.2. The van der Waals surface area contributed by atoms with Crippen molar-refractivity contribution in [2.75, 3.05) is 24.5 Å². The van der Waals surface area contributed by atoms with Gasteiger partial charge in [0.05, 0.1) is 12.2 Å². The van der Waals surface area contributed by atoms with Crippen LogP contribution in [0.25, 0.3) is 0 Å². The van der Waals surface area contributed by atoms with Crippen LogP contribution in [0.15, 0.2) is 36.5 Å². The molecule has 0 atom stereocenters. The highest BCUT2D eigenvalue weighted by Gasteiger charge is 2.24. The summed E-state index contributed by atoms with van der Waals surface area (Å²) in [5.74, 6) is -0.114. The van der Waals surface area contributed by atoms with Gasteiger partial charge in [-0.3, -0.25) is 4.79 Å². The lowest BCUT2D eigenvalue weighted by Crippen LogP contribution is -2.43. The van der Waals surface area contributed by atoms with Crippen LogP contribution in [-0.2, 0) is 0 Å². The highest BCUT2D eigenvalue weighted by atomic mass is 16.2. The van der Waals surface area contributed by atoms with Crippen molar-refractivity contribution in [1.29, 1.82) is 0 Å². The van der Waals surface area contributed by atoms with Crippen molar-refractivity contribution in [2.24, 2.45) is 0 Å². The van der Waals surface area contributed by atoms with E-state index in [0.717, 1.165) is 18.8 Å². The minimum atomic E-state index is -0.114. The fourth-order valence-corrected chi connectivity index (χ4v) is 2.20. The maximum Gasteiger partial charge on any atom is 0.280 e. The van der Waals surface area contributed by atoms with Crippen molar-refractivity contribution in [3.63, 3.8) is 0 Å². The van der Waals surface area contributed by atoms with Crippen LogP contribution in [0, 0.1) is 0 Å². The molecular weight excluding hydrogens is 254 g/mol. The molecule has 2 heterocycles. The van der Waals surface area contributed by atoms with Crippen LogP contribution in [0.3, 0.4) is 0 Å². The maximum absolute atomic E-state index is 12.5. The Morgan fingerprint density at radius 1 is 1.40 bits per heavy atom. The van der Waals surface area contributed by atoms with Gasteiger partial charge in [-0.05, 0) is 19.1 Å². The van der Waals surface area contributed by atoms with E-state index in [9.17, 15) is 4.79 Å². The fourth-order valence-electron chi connectivity index (χ4n) is 2.20. The van der Waals surface area contributed by atoms with Gasteiger partial charge in [-0.25, -0.2) is 4.68 Å². The number of aromatic nitrogens is 3. The number of rotatable bonds is 4. The summed E-state index contributed by atoms with van der Waals surface area (Å²) in [6, 6.07) is 9.92. The van der Waals surface area contributed by atoms with Crippen LogP contribution in [0.4, 0.5) is 5.69 Å². The standard InChI is InChI=1S/C14H17N5O/c1-2-18(11-6-4-3-5-7-11)14(20)13-10-19(17-16-13)12-8-15-9-12/h3-7,10,12,15H,2,8-9H2,1H3. The largest absolute Gasteiger partial charge is 0.312 e. The quantitative estimate of drug-likeness (QED) is 0.904. The third-order valence-electron chi connectivity index (χ3n) is 3.49. The third kappa shape index (κ3) is 2.30. The van der Waals surface area contributed by atoms with Crippen molar-refractivity contribution in [3.8, 4) is 0 Å². The van der Waals surface area contributed by atoms with Gasteiger partial charge < -0.3 is 10.2 Å². The first-order valence-corrected chi connectivity index (χ1v) is 6.79. The van der Waals surface area contributed by atoms with Gasteiger partial charge in [-0.15, -0.1) is 5.10 Å². The highest BCUT2D eigenvalue weighted by molar-refractivity contribution is 6.04. The van der Waals surface area contributed by atoms with Gasteiger partial charge >= 0.3 is 0 Å². The van der Waals surface area contributed by atoms with E-state index >= 15 is 0 Å². The summed E-state index contributed by atoms with van der Waals surface area (Å²) in [4.78, 5) is 14.2. The molecule has 0 radical (unpaired) electrons. The molecule has 1 fully saturated rings. The molecule has 0 aliphatic carbocycles. The number of nitrogens with one attached hydrogen (secondary N) is 1. The van der Waals surface area contributed by atoms with Gasteiger partial charge in [0.25, 0.3) is 5.91 Å². The van der Waals surface area contributed by atoms with Gasteiger partial charge in [0.15, 0.2) is 5.69 Å². The van der Waals surface area contributed by atoms with Crippen molar-refractivity contribution in [2.45, 2.75) is 13.0 Å². The smallest absolute Gasteiger partial charge is 0.280 e. The molecule has 2 aromatic rings. The lowest BCUT2D eigenvalue weighted by atomic mass is 10.2. The summed E-state index contributed by atoms with van der Waals surface area (Å²) in [5.41, 5.74) is 1.27. The molecular formula is C14H17N5O. The van der Waals surface area contributed by atoms with Gasteiger partial charge in [-0.1, -0.05) is 23.4 Å². The molecule has 1 amide bonds. The lowest BCUT2D eigenvalue weighted by Gasteiger charge is -2.26. The van der Waals surface area contributed by atoms with Gasteiger partial charge in [0, 0.05) is 25.3 Å². The van der Waals surface area contributed by atoms with Crippen LogP contribution in [0.1, 0.15) is 23.5 Å². The van der Waals surface area contributed by atoms with Crippen molar-refractivity contribution in [1.82, 2.24) is 20.3 Å². The molecule has 1 aliphatic heterocycles. The maximum atomic E-state index is 12.5. The van der Waals surface area contributed by atoms with Crippen LogP contribution < -0.4 is 10.2 Å². The van der Waals surface area contributed by atoms with Gasteiger partial charge in [0.1, 0.15) is 0 Å². The van der Waals surface area contributed by atoms with E-state index in [0.29, 0.717) is 18.3 Å². The number of nitrogens with zero attached hydrogens (tertiary/aromatic N) is 4. The summed E-state index contributed by atoms with van der Waals surface area (Å²) in [7, 11) is 0. The Labute approximate surface area is 117 Å². The normalized spacial score (nSPS) is 14.8. The first-order chi connectivity index (χ1) is 9.79. The summed E-state index contributed by atoms with van der Waals surface area (Å²) < 4.78 is 1.77. The predicted octanol–water partition coefficient (Wildman–Crippen LogP) is 1.09. The second kappa shape index (κ2) is 5.42. The number of benzene rings is 1. The molecule has 1 aliphatic rings. The number of carbonyl (C=O) groups excluding carboxylic acids is 1. The van der Waals surface area contributed by atoms with Crippen LogP contribution in [0.2, 0.25) is 0 Å². The number of para-hydroxylation sites is 1. The molecule has 1 N–H and O–H groups in total.